The van der Waals surface area contributed by atoms with Crippen LogP contribution >= 0.6 is 34.7 Å². The third-order valence-electron chi connectivity index (χ3n) is 1.81. The molecule has 78 valence electrons. The molecule has 0 bridgehead atoms. The summed E-state index contributed by atoms with van der Waals surface area (Å²) in [6.45, 7) is 0. The zero-order chi connectivity index (χ0) is 10.7. The largest absolute Gasteiger partial charge is 0.389 e. The number of thioether (sulfide) groups is 1. The summed E-state index contributed by atoms with van der Waals surface area (Å²) in [4.78, 5) is 4.17. The lowest BCUT2D eigenvalue weighted by Gasteiger charge is -2.00. The van der Waals surface area contributed by atoms with E-state index in [9.17, 15) is 0 Å². The van der Waals surface area contributed by atoms with Crippen LogP contribution in [0.25, 0.3) is 0 Å². The first kappa shape index (κ1) is 10.8. The van der Waals surface area contributed by atoms with Gasteiger partial charge in [0.15, 0.2) is 4.34 Å². The molecule has 2 rings (SSSR count). The molecule has 0 saturated heterocycles. The number of nitrogens with two attached hydrogens (primary N) is 1. The monoisotopic (exact) mass is 256 g/mol. The number of halogens is 1. The van der Waals surface area contributed by atoms with Gasteiger partial charge in [-0.25, -0.2) is 4.98 Å². The minimum absolute atomic E-state index is 0.747. The van der Waals surface area contributed by atoms with Gasteiger partial charge in [-0.1, -0.05) is 52.9 Å². The van der Waals surface area contributed by atoms with Crippen LogP contribution in [0.2, 0.25) is 5.02 Å². The van der Waals surface area contributed by atoms with Crippen LogP contribution in [-0.4, -0.2) is 4.98 Å². The molecule has 2 N–H and O–H groups in total. The van der Waals surface area contributed by atoms with Crippen molar-refractivity contribution in [3.8, 4) is 0 Å². The second-order valence-corrected chi connectivity index (χ2v) is 5.60. The Morgan fingerprint density at radius 1 is 1.40 bits per heavy atom. The highest BCUT2D eigenvalue weighted by atomic mass is 35.5. The highest BCUT2D eigenvalue weighted by Gasteiger charge is 2.03. The zero-order valence-corrected chi connectivity index (χ0v) is 10.2. The van der Waals surface area contributed by atoms with Gasteiger partial charge in [0.2, 0.25) is 0 Å². The third kappa shape index (κ3) is 2.87. The summed E-state index contributed by atoms with van der Waals surface area (Å²) in [5, 5.41) is 1.55. The Labute approximate surface area is 101 Å². The molecule has 2 aromatic rings. The number of anilines is 1. The maximum atomic E-state index is 6.04. The van der Waals surface area contributed by atoms with E-state index in [1.165, 1.54) is 11.3 Å². The molecule has 0 aliphatic rings. The summed E-state index contributed by atoms with van der Waals surface area (Å²) in [5.41, 5.74) is 6.72. The SMILES string of the molecule is Nc1cnc(SCc2ccccc2Cl)s1. The predicted octanol–water partition coefficient (Wildman–Crippen LogP) is 3.67. The molecule has 0 fully saturated rings. The first-order valence-corrected chi connectivity index (χ1v) is 6.51. The van der Waals surface area contributed by atoms with E-state index in [2.05, 4.69) is 4.98 Å². The van der Waals surface area contributed by atoms with E-state index in [4.69, 9.17) is 17.3 Å². The quantitative estimate of drug-likeness (QED) is 0.852. The molecule has 0 saturated carbocycles. The number of nitrogens with zero attached hydrogens (tertiary/aromatic N) is 1. The van der Waals surface area contributed by atoms with Crippen LogP contribution in [-0.2, 0) is 5.75 Å². The maximum Gasteiger partial charge on any atom is 0.152 e. The van der Waals surface area contributed by atoms with Gasteiger partial charge >= 0.3 is 0 Å². The molecule has 2 nitrogen and oxygen atoms in total. The number of hydrogen-bond acceptors (Lipinski definition) is 4. The summed E-state index contributed by atoms with van der Waals surface area (Å²) >= 11 is 9.19. The number of hydrogen-bond donors (Lipinski definition) is 1. The van der Waals surface area contributed by atoms with Gasteiger partial charge in [-0.3, -0.25) is 0 Å². The third-order valence-corrected chi connectivity index (χ3v) is 4.21. The summed E-state index contributed by atoms with van der Waals surface area (Å²) in [7, 11) is 0. The molecule has 5 heteroatoms. The van der Waals surface area contributed by atoms with E-state index in [1.807, 2.05) is 24.3 Å². The van der Waals surface area contributed by atoms with Crippen LogP contribution in [0.1, 0.15) is 5.56 Å². The van der Waals surface area contributed by atoms with E-state index in [-0.39, 0.29) is 0 Å². The highest BCUT2D eigenvalue weighted by Crippen LogP contribution is 2.30. The minimum Gasteiger partial charge on any atom is -0.389 e. The van der Waals surface area contributed by atoms with Gasteiger partial charge in [0, 0.05) is 10.8 Å². The van der Waals surface area contributed by atoms with Crippen LogP contribution < -0.4 is 5.73 Å². The lowest BCUT2D eigenvalue weighted by Crippen LogP contribution is -1.80. The van der Waals surface area contributed by atoms with E-state index < -0.39 is 0 Å². The standard InChI is InChI=1S/C10H9ClN2S2/c11-8-4-2-1-3-7(8)6-14-10-13-5-9(12)15-10/h1-5H,6,12H2. The molecule has 1 aromatic heterocycles. The molecule has 1 heterocycles. The Bertz CT molecular complexity index is 456. The van der Waals surface area contributed by atoms with Crippen molar-refractivity contribution in [3.63, 3.8) is 0 Å². The van der Waals surface area contributed by atoms with Crippen molar-refractivity contribution in [1.29, 1.82) is 0 Å². The predicted molar refractivity (Wildman–Crippen MR) is 67.5 cm³/mol. The number of nitrogen functional groups attached to an aromatic ring is 1. The van der Waals surface area contributed by atoms with Crippen LogP contribution in [0.3, 0.4) is 0 Å². The fourth-order valence-corrected chi connectivity index (χ4v) is 3.14. The van der Waals surface area contributed by atoms with Gasteiger partial charge in [0.25, 0.3) is 0 Å². The number of thiazole rings is 1. The van der Waals surface area contributed by atoms with Crippen molar-refractivity contribution in [2.24, 2.45) is 0 Å². The topological polar surface area (TPSA) is 38.9 Å². The smallest absolute Gasteiger partial charge is 0.152 e. The fraction of sp³-hybridized carbons (Fsp3) is 0.100. The molecule has 0 unspecified atom stereocenters. The van der Waals surface area contributed by atoms with Crippen molar-refractivity contribution in [3.05, 3.63) is 41.0 Å². The molecular weight excluding hydrogens is 248 g/mol. The summed E-state index contributed by atoms with van der Waals surface area (Å²) in [6, 6.07) is 7.83. The molecule has 0 radical (unpaired) electrons. The first-order valence-electron chi connectivity index (χ1n) is 4.33. The van der Waals surface area contributed by atoms with Gasteiger partial charge in [-0.05, 0) is 11.6 Å². The van der Waals surface area contributed by atoms with Crippen molar-refractivity contribution in [2.45, 2.75) is 10.1 Å². The maximum absolute atomic E-state index is 6.04. The Balaban J connectivity index is 2.02. The van der Waals surface area contributed by atoms with Gasteiger partial charge in [0.05, 0.1) is 6.20 Å². The number of rotatable bonds is 3. The van der Waals surface area contributed by atoms with E-state index in [0.29, 0.717) is 0 Å². The van der Waals surface area contributed by atoms with Crippen molar-refractivity contribution < 1.29 is 0 Å². The van der Waals surface area contributed by atoms with E-state index >= 15 is 0 Å². The average molecular weight is 257 g/mol. The molecule has 0 spiro atoms. The lowest BCUT2D eigenvalue weighted by atomic mass is 10.2. The van der Waals surface area contributed by atoms with Crippen molar-refractivity contribution in [2.75, 3.05) is 5.73 Å². The van der Waals surface area contributed by atoms with Gasteiger partial charge < -0.3 is 5.73 Å². The Morgan fingerprint density at radius 3 is 2.87 bits per heavy atom. The average Bonchev–Trinajstić information content (AvgIpc) is 2.63. The van der Waals surface area contributed by atoms with Gasteiger partial charge in [0.1, 0.15) is 5.00 Å². The molecule has 15 heavy (non-hydrogen) atoms. The molecule has 0 aliphatic heterocycles. The normalized spacial score (nSPS) is 10.5. The van der Waals surface area contributed by atoms with Crippen molar-refractivity contribution >= 4 is 39.7 Å². The van der Waals surface area contributed by atoms with E-state index in [0.717, 1.165) is 25.7 Å². The van der Waals surface area contributed by atoms with Gasteiger partial charge in [-0.2, -0.15) is 0 Å². The van der Waals surface area contributed by atoms with Crippen LogP contribution in [0.4, 0.5) is 5.00 Å². The molecular formula is C10H9ClN2S2. The van der Waals surface area contributed by atoms with Crippen LogP contribution in [0, 0.1) is 0 Å². The zero-order valence-electron chi connectivity index (χ0n) is 7.81. The summed E-state index contributed by atoms with van der Waals surface area (Å²) < 4.78 is 0.979. The first-order chi connectivity index (χ1) is 7.25. The Kier molecular flexibility index (Phi) is 3.51. The van der Waals surface area contributed by atoms with E-state index in [1.54, 1.807) is 18.0 Å². The minimum atomic E-state index is 0.747. The molecule has 0 amide bonds. The van der Waals surface area contributed by atoms with Gasteiger partial charge in [-0.15, -0.1) is 0 Å². The summed E-state index contributed by atoms with van der Waals surface area (Å²) in [5.74, 6) is 0.826. The second kappa shape index (κ2) is 4.88. The fourth-order valence-electron chi connectivity index (χ4n) is 1.09. The van der Waals surface area contributed by atoms with Crippen molar-refractivity contribution in [1.82, 2.24) is 4.98 Å². The second-order valence-electron chi connectivity index (χ2n) is 2.91. The molecule has 0 aliphatic carbocycles. The number of benzene rings is 1. The molecule has 0 atom stereocenters. The Hall–Kier alpha value is -0.710. The summed E-state index contributed by atoms with van der Waals surface area (Å²) in [6.07, 6.45) is 1.68. The molecule has 1 aromatic carbocycles. The highest BCUT2D eigenvalue weighted by molar-refractivity contribution is 8.00. The van der Waals surface area contributed by atoms with Crippen LogP contribution in [0.5, 0.6) is 0 Å². The number of aromatic nitrogens is 1. The van der Waals surface area contributed by atoms with Crippen LogP contribution in [0.15, 0.2) is 34.8 Å². The lowest BCUT2D eigenvalue weighted by molar-refractivity contribution is 1.24. The Morgan fingerprint density at radius 2 is 2.20 bits per heavy atom.